The van der Waals surface area contributed by atoms with Crippen molar-refractivity contribution in [2.45, 2.75) is 32.3 Å². The summed E-state index contributed by atoms with van der Waals surface area (Å²) in [7, 11) is 0. The van der Waals surface area contributed by atoms with Crippen molar-refractivity contribution in [2.24, 2.45) is 0 Å². The minimum atomic E-state index is -4.64. The standard InChI is InChI=1S/C20H16F4N4O3/c1-11-9-28-17(26-11)8-18(27-19(28)29)30-10-12-2-3-15(14(21)6-12)31-13-4-5-25-16(7-13)20(22,23)24/h2-8,11,26H,9-10H2,1H3/t11-/m0/s1. The lowest BCUT2D eigenvalue weighted by Crippen LogP contribution is -2.22. The smallest absolute Gasteiger partial charge is 0.433 e. The minimum Gasteiger partial charge on any atom is -0.473 e. The van der Waals surface area contributed by atoms with E-state index in [9.17, 15) is 22.4 Å². The van der Waals surface area contributed by atoms with Crippen LogP contribution in [0.3, 0.4) is 0 Å². The number of halogens is 4. The topological polar surface area (TPSA) is 78.3 Å². The van der Waals surface area contributed by atoms with Crippen LogP contribution >= 0.6 is 0 Å². The summed E-state index contributed by atoms with van der Waals surface area (Å²) >= 11 is 0. The van der Waals surface area contributed by atoms with Crippen LogP contribution in [0, 0.1) is 5.82 Å². The first-order valence-corrected chi connectivity index (χ1v) is 9.20. The van der Waals surface area contributed by atoms with E-state index in [4.69, 9.17) is 9.47 Å². The summed E-state index contributed by atoms with van der Waals surface area (Å²) in [5.41, 5.74) is -1.17. The predicted molar refractivity (Wildman–Crippen MR) is 102 cm³/mol. The summed E-state index contributed by atoms with van der Waals surface area (Å²) in [6, 6.07) is 7.45. The zero-order chi connectivity index (χ0) is 22.2. The first-order chi connectivity index (χ1) is 14.7. The highest BCUT2D eigenvalue weighted by Gasteiger charge is 2.32. The number of nitrogens with zero attached hydrogens (tertiary/aromatic N) is 3. The van der Waals surface area contributed by atoms with Gasteiger partial charge in [-0.2, -0.15) is 18.2 Å². The largest absolute Gasteiger partial charge is 0.473 e. The van der Waals surface area contributed by atoms with Crippen LogP contribution in [0.2, 0.25) is 0 Å². The van der Waals surface area contributed by atoms with E-state index in [2.05, 4.69) is 15.3 Å². The number of hydrogen-bond donors (Lipinski definition) is 1. The van der Waals surface area contributed by atoms with E-state index in [0.29, 0.717) is 24.0 Å². The molecule has 0 amide bonds. The fourth-order valence-electron chi connectivity index (χ4n) is 3.06. The van der Waals surface area contributed by atoms with Gasteiger partial charge in [-0.05, 0) is 30.7 Å². The molecule has 0 aliphatic carbocycles. The molecule has 0 saturated carbocycles. The zero-order valence-electron chi connectivity index (χ0n) is 16.1. The number of nitrogens with one attached hydrogen (secondary N) is 1. The summed E-state index contributed by atoms with van der Waals surface area (Å²) in [6.07, 6.45) is -3.71. The van der Waals surface area contributed by atoms with Crippen molar-refractivity contribution in [2.75, 3.05) is 5.32 Å². The third-order valence-electron chi connectivity index (χ3n) is 4.47. The fourth-order valence-corrected chi connectivity index (χ4v) is 3.06. The van der Waals surface area contributed by atoms with Gasteiger partial charge in [0.2, 0.25) is 5.88 Å². The molecule has 0 unspecified atom stereocenters. The Labute approximate surface area is 173 Å². The van der Waals surface area contributed by atoms with Gasteiger partial charge in [0.15, 0.2) is 11.6 Å². The van der Waals surface area contributed by atoms with Gasteiger partial charge in [-0.15, -0.1) is 0 Å². The molecule has 2 aromatic heterocycles. The average Bonchev–Trinajstić information content (AvgIpc) is 3.09. The van der Waals surface area contributed by atoms with Crippen molar-refractivity contribution in [3.05, 3.63) is 70.2 Å². The Morgan fingerprint density at radius 3 is 2.77 bits per heavy atom. The highest BCUT2D eigenvalue weighted by atomic mass is 19.4. The molecule has 3 aromatic rings. The lowest BCUT2D eigenvalue weighted by Gasteiger charge is -2.11. The van der Waals surface area contributed by atoms with Gasteiger partial charge in [0.25, 0.3) is 0 Å². The molecule has 0 bridgehead atoms. The Morgan fingerprint density at radius 1 is 1.23 bits per heavy atom. The zero-order valence-corrected chi connectivity index (χ0v) is 16.1. The fraction of sp³-hybridized carbons (Fsp3) is 0.250. The number of benzene rings is 1. The second kappa shape index (κ2) is 7.89. The van der Waals surface area contributed by atoms with Gasteiger partial charge < -0.3 is 14.8 Å². The van der Waals surface area contributed by atoms with Gasteiger partial charge in [-0.3, -0.25) is 9.55 Å². The molecular weight excluding hydrogens is 420 g/mol. The Bertz CT molecular complexity index is 1180. The van der Waals surface area contributed by atoms with Crippen molar-refractivity contribution >= 4 is 5.82 Å². The summed E-state index contributed by atoms with van der Waals surface area (Å²) in [6.45, 7) is 2.36. The highest BCUT2D eigenvalue weighted by Crippen LogP contribution is 2.32. The van der Waals surface area contributed by atoms with E-state index >= 15 is 0 Å². The number of rotatable bonds is 5. The molecule has 1 N–H and O–H groups in total. The van der Waals surface area contributed by atoms with Crippen LogP contribution in [0.4, 0.5) is 23.4 Å². The molecule has 1 aliphatic heterocycles. The van der Waals surface area contributed by atoms with E-state index in [0.717, 1.165) is 12.3 Å². The normalized spacial score (nSPS) is 15.3. The first-order valence-electron chi connectivity index (χ1n) is 9.20. The second-order valence-corrected chi connectivity index (χ2v) is 6.95. The van der Waals surface area contributed by atoms with Gasteiger partial charge in [0.05, 0.1) is 0 Å². The molecule has 0 radical (unpaired) electrons. The number of hydrogen-bond acceptors (Lipinski definition) is 6. The Hall–Kier alpha value is -3.63. The summed E-state index contributed by atoms with van der Waals surface area (Å²) in [4.78, 5) is 19.1. The molecule has 0 saturated heterocycles. The number of anilines is 1. The number of pyridine rings is 1. The SMILES string of the molecule is C[C@H]1Cn2c(cc(OCc3ccc(Oc4ccnc(C(F)(F)F)c4)c(F)c3)nc2=O)N1. The molecule has 1 aliphatic rings. The molecule has 1 atom stereocenters. The second-order valence-electron chi connectivity index (χ2n) is 6.95. The molecular formula is C20H16F4N4O3. The summed E-state index contributed by atoms with van der Waals surface area (Å²) in [5, 5.41) is 3.12. The quantitative estimate of drug-likeness (QED) is 0.610. The predicted octanol–water partition coefficient (Wildman–Crippen LogP) is 3.98. The Balaban J connectivity index is 1.45. The van der Waals surface area contributed by atoms with Gasteiger partial charge in [0.1, 0.15) is 23.9 Å². The third kappa shape index (κ3) is 4.60. The van der Waals surface area contributed by atoms with Crippen LogP contribution in [0.25, 0.3) is 0 Å². The molecule has 0 fully saturated rings. The van der Waals surface area contributed by atoms with E-state index in [1.165, 1.54) is 22.8 Å². The van der Waals surface area contributed by atoms with E-state index in [1.54, 1.807) is 6.07 Å². The maximum Gasteiger partial charge on any atom is 0.433 e. The molecule has 4 rings (SSSR count). The number of alkyl halides is 3. The van der Waals surface area contributed by atoms with Crippen molar-refractivity contribution in [1.82, 2.24) is 14.5 Å². The third-order valence-corrected chi connectivity index (χ3v) is 4.47. The lowest BCUT2D eigenvalue weighted by molar-refractivity contribution is -0.141. The number of aromatic nitrogens is 3. The van der Waals surface area contributed by atoms with E-state index in [1.807, 2.05) is 6.92 Å². The number of fused-ring (bicyclic) bond motifs is 1. The van der Waals surface area contributed by atoms with Crippen LogP contribution in [-0.4, -0.2) is 20.6 Å². The Kier molecular flexibility index (Phi) is 5.25. The average molecular weight is 436 g/mol. The van der Waals surface area contributed by atoms with E-state index in [-0.39, 0.29) is 30.0 Å². The number of ether oxygens (including phenoxy) is 2. The van der Waals surface area contributed by atoms with Crippen molar-refractivity contribution in [3.63, 3.8) is 0 Å². The molecule has 3 heterocycles. The lowest BCUT2D eigenvalue weighted by atomic mass is 10.2. The van der Waals surface area contributed by atoms with Crippen molar-refractivity contribution < 1.29 is 27.0 Å². The van der Waals surface area contributed by atoms with Crippen LogP contribution < -0.4 is 20.5 Å². The molecule has 1 aromatic carbocycles. The maximum absolute atomic E-state index is 14.4. The highest BCUT2D eigenvalue weighted by molar-refractivity contribution is 5.43. The van der Waals surface area contributed by atoms with Crippen LogP contribution in [-0.2, 0) is 19.3 Å². The van der Waals surface area contributed by atoms with Crippen LogP contribution in [0.5, 0.6) is 17.4 Å². The molecule has 162 valence electrons. The molecule has 0 spiro atoms. The van der Waals surface area contributed by atoms with Gasteiger partial charge in [-0.1, -0.05) is 6.07 Å². The van der Waals surface area contributed by atoms with E-state index < -0.39 is 23.4 Å². The van der Waals surface area contributed by atoms with Crippen LogP contribution in [0.15, 0.2) is 47.4 Å². The van der Waals surface area contributed by atoms with Gasteiger partial charge >= 0.3 is 11.9 Å². The Morgan fingerprint density at radius 2 is 2.03 bits per heavy atom. The maximum atomic E-state index is 14.4. The molecule has 11 heteroatoms. The van der Waals surface area contributed by atoms with Crippen molar-refractivity contribution in [3.8, 4) is 17.4 Å². The van der Waals surface area contributed by atoms with Gasteiger partial charge in [-0.25, -0.2) is 9.18 Å². The summed E-state index contributed by atoms with van der Waals surface area (Å²) in [5.74, 6) is -0.558. The first kappa shape index (κ1) is 20.6. The van der Waals surface area contributed by atoms with Gasteiger partial charge in [0, 0.05) is 30.9 Å². The van der Waals surface area contributed by atoms with Crippen molar-refractivity contribution in [1.29, 1.82) is 0 Å². The molecule has 31 heavy (non-hydrogen) atoms. The molecule has 7 nitrogen and oxygen atoms in total. The minimum absolute atomic E-state index is 0.0733. The summed E-state index contributed by atoms with van der Waals surface area (Å²) < 4.78 is 64.8. The van der Waals surface area contributed by atoms with Crippen LogP contribution in [0.1, 0.15) is 18.2 Å². The monoisotopic (exact) mass is 436 g/mol.